The molecule has 0 spiro atoms. The zero-order valence-electron chi connectivity index (χ0n) is 18.6. The molecule has 0 saturated carbocycles. The van der Waals surface area contributed by atoms with Crippen LogP contribution in [0, 0.1) is 11.3 Å². The van der Waals surface area contributed by atoms with Crippen LogP contribution in [0.5, 0.6) is 0 Å². The first-order valence-electron chi connectivity index (χ1n) is 10.5. The average molecular weight is 451 g/mol. The normalized spacial score (nSPS) is 13.7. The molecule has 0 fully saturated rings. The number of aliphatic imine (C=N–C) groups is 5. The van der Waals surface area contributed by atoms with Crippen molar-refractivity contribution in [2.24, 2.45) is 59.4 Å². The number of unbranched alkanes of at least 4 members (excludes halogenated alkanes) is 4. The molecule has 14 N–H and O–H groups in total. The molecule has 0 aliphatic carbocycles. The maximum atomic E-state index is 8.49. The van der Waals surface area contributed by atoms with Gasteiger partial charge in [0, 0.05) is 32.7 Å². The van der Waals surface area contributed by atoms with E-state index in [0.717, 1.165) is 38.5 Å². The Morgan fingerprint density at radius 3 is 1.28 bits per heavy atom. The van der Waals surface area contributed by atoms with E-state index < -0.39 is 0 Å². The highest BCUT2D eigenvalue weighted by molar-refractivity contribution is 5.97. The van der Waals surface area contributed by atoms with Gasteiger partial charge in [0.1, 0.15) is 6.07 Å². The molecular formula is C18H38N14. The number of hydrogen-bond acceptors (Lipinski definition) is 7. The second-order valence-electron chi connectivity index (χ2n) is 6.61. The molecule has 0 aliphatic heterocycles. The van der Waals surface area contributed by atoms with Crippen LogP contribution in [0.25, 0.3) is 0 Å². The van der Waals surface area contributed by atoms with Crippen LogP contribution in [-0.2, 0) is 0 Å². The van der Waals surface area contributed by atoms with E-state index in [9.17, 15) is 0 Å². The van der Waals surface area contributed by atoms with Gasteiger partial charge in [-0.2, -0.15) is 5.26 Å². The molecule has 0 atom stereocenters. The topological polar surface area (TPSA) is 266 Å². The molecule has 0 saturated heterocycles. The van der Waals surface area contributed by atoms with Gasteiger partial charge in [-0.3, -0.25) is 35.6 Å². The summed E-state index contributed by atoms with van der Waals surface area (Å²) in [5, 5.41) is 13.9. The molecule has 0 aromatic carbocycles. The van der Waals surface area contributed by atoms with Crippen LogP contribution in [0.3, 0.4) is 0 Å². The van der Waals surface area contributed by atoms with Crippen LogP contribution in [0.2, 0.25) is 0 Å². The third-order valence-corrected chi connectivity index (χ3v) is 3.80. The van der Waals surface area contributed by atoms with E-state index >= 15 is 0 Å². The zero-order chi connectivity index (χ0) is 24.0. The lowest BCUT2D eigenvalue weighted by Gasteiger charge is -2.05. The summed E-state index contributed by atoms with van der Waals surface area (Å²) >= 11 is 0. The first-order valence-corrected chi connectivity index (χ1v) is 10.5. The molecule has 0 rings (SSSR count). The van der Waals surface area contributed by atoms with Crippen molar-refractivity contribution in [1.29, 1.82) is 5.26 Å². The molecule has 0 aliphatic rings. The van der Waals surface area contributed by atoms with Crippen molar-refractivity contribution in [3.05, 3.63) is 0 Å². The Hall–Kier alpha value is -3.60. The number of nitrogens with one attached hydrogen (secondary N) is 2. The summed E-state index contributed by atoms with van der Waals surface area (Å²) in [6.45, 7) is 3.05. The molecule has 0 aromatic heterocycles. The first-order chi connectivity index (χ1) is 15.4. The fourth-order valence-corrected chi connectivity index (χ4v) is 2.24. The van der Waals surface area contributed by atoms with E-state index in [-0.39, 0.29) is 29.7 Å². The second kappa shape index (κ2) is 19.4. The Bertz CT molecular complexity index is 701. The first kappa shape index (κ1) is 28.4. The quantitative estimate of drug-likeness (QED) is 0.0794. The molecule has 0 radical (unpaired) electrons. The Morgan fingerprint density at radius 2 is 0.906 bits per heavy atom. The average Bonchev–Trinajstić information content (AvgIpc) is 2.76. The zero-order valence-corrected chi connectivity index (χ0v) is 18.6. The summed E-state index contributed by atoms with van der Waals surface area (Å²) < 4.78 is 0. The molecule has 0 amide bonds. The summed E-state index contributed by atoms with van der Waals surface area (Å²) in [5.74, 6) is 0.876. The van der Waals surface area contributed by atoms with Gasteiger partial charge in [-0.15, -0.1) is 0 Å². The maximum absolute atomic E-state index is 8.49. The summed E-state index contributed by atoms with van der Waals surface area (Å²) in [4.78, 5) is 20.4. The fourth-order valence-electron chi connectivity index (χ4n) is 2.24. The van der Waals surface area contributed by atoms with Crippen LogP contribution in [0.1, 0.15) is 38.5 Å². The highest BCUT2D eigenvalue weighted by atomic mass is 15.2. The van der Waals surface area contributed by atoms with Gasteiger partial charge in [0.15, 0.2) is 29.7 Å². The maximum Gasteiger partial charge on any atom is 0.198 e. The van der Waals surface area contributed by atoms with Gasteiger partial charge in [0.05, 0.1) is 6.54 Å². The SMILES string of the molecule is N#CC(N)=NCCCCN=C(N)NC(N)=NCCCCCCN=C(N)NC(N)=NCCN. The number of hydrogen-bond donors (Lipinski definition) is 8. The minimum absolute atomic E-state index is 0.0140. The molecule has 14 nitrogen and oxygen atoms in total. The standard InChI is InChI=1S/C18H38N14/c19-7-12-30-18(25)32-16(23)28-10-4-2-1-3-9-27-15(22)31-17(24)29-11-6-5-8-26-14(21)13-20/h1-12,19H2,(H2,21,26)(H5,22,24,27,29,31)(H5,23,25,28,30,32). The minimum atomic E-state index is -0.0140. The molecule has 14 heteroatoms. The minimum Gasteiger partial charge on any atom is -0.375 e. The molecule has 180 valence electrons. The van der Waals surface area contributed by atoms with E-state index in [2.05, 4.69) is 35.6 Å². The van der Waals surface area contributed by atoms with E-state index in [4.69, 9.17) is 39.7 Å². The lowest BCUT2D eigenvalue weighted by molar-refractivity contribution is 0.653. The highest BCUT2D eigenvalue weighted by Crippen LogP contribution is 2.00. The van der Waals surface area contributed by atoms with Crippen molar-refractivity contribution >= 4 is 29.7 Å². The van der Waals surface area contributed by atoms with Crippen molar-refractivity contribution in [1.82, 2.24) is 10.6 Å². The van der Waals surface area contributed by atoms with Gasteiger partial charge >= 0.3 is 0 Å². The smallest absolute Gasteiger partial charge is 0.198 e. The van der Waals surface area contributed by atoms with Gasteiger partial charge in [0.25, 0.3) is 0 Å². The van der Waals surface area contributed by atoms with Crippen molar-refractivity contribution < 1.29 is 0 Å². The van der Waals surface area contributed by atoms with E-state index in [1.807, 2.05) is 0 Å². The summed E-state index contributed by atoms with van der Waals surface area (Å²) in [6, 6.07) is 1.76. The fraction of sp³-hybridized carbons (Fsp3) is 0.667. The van der Waals surface area contributed by atoms with E-state index in [1.165, 1.54) is 0 Å². The van der Waals surface area contributed by atoms with E-state index in [0.29, 0.717) is 39.3 Å². The number of amidine groups is 1. The summed E-state index contributed by atoms with van der Waals surface area (Å²) in [7, 11) is 0. The van der Waals surface area contributed by atoms with Crippen molar-refractivity contribution in [3.63, 3.8) is 0 Å². The largest absolute Gasteiger partial charge is 0.375 e. The van der Waals surface area contributed by atoms with Crippen molar-refractivity contribution in [2.45, 2.75) is 38.5 Å². The molecule has 0 aromatic rings. The Kier molecular flexibility index (Phi) is 17.2. The number of nitriles is 1. The van der Waals surface area contributed by atoms with Gasteiger partial charge in [0.2, 0.25) is 0 Å². The monoisotopic (exact) mass is 450 g/mol. The number of nitrogens with zero attached hydrogens (tertiary/aromatic N) is 6. The van der Waals surface area contributed by atoms with Crippen molar-refractivity contribution in [3.8, 4) is 6.07 Å². The predicted molar refractivity (Wildman–Crippen MR) is 131 cm³/mol. The van der Waals surface area contributed by atoms with Crippen LogP contribution in [0.4, 0.5) is 0 Å². The molecule has 32 heavy (non-hydrogen) atoms. The Balaban J connectivity index is 3.85. The third kappa shape index (κ3) is 18.4. The molecular weight excluding hydrogens is 412 g/mol. The second-order valence-corrected chi connectivity index (χ2v) is 6.61. The van der Waals surface area contributed by atoms with E-state index in [1.54, 1.807) is 6.07 Å². The lowest BCUT2D eigenvalue weighted by Crippen LogP contribution is -2.42. The third-order valence-electron chi connectivity index (χ3n) is 3.80. The van der Waals surface area contributed by atoms with Gasteiger partial charge in [-0.1, -0.05) is 12.8 Å². The van der Waals surface area contributed by atoms with Crippen molar-refractivity contribution in [2.75, 3.05) is 39.3 Å². The molecule has 0 unspecified atom stereocenters. The van der Waals surface area contributed by atoms with Gasteiger partial charge in [-0.05, 0) is 25.7 Å². The Morgan fingerprint density at radius 1 is 0.562 bits per heavy atom. The van der Waals surface area contributed by atoms with Crippen LogP contribution < -0.4 is 45.0 Å². The predicted octanol–water partition coefficient (Wildman–Crippen LogP) is -2.40. The van der Waals surface area contributed by atoms with Crippen LogP contribution in [0.15, 0.2) is 25.0 Å². The van der Waals surface area contributed by atoms with Crippen LogP contribution >= 0.6 is 0 Å². The lowest BCUT2D eigenvalue weighted by atomic mass is 10.2. The van der Waals surface area contributed by atoms with Crippen LogP contribution in [-0.4, -0.2) is 68.9 Å². The highest BCUT2D eigenvalue weighted by Gasteiger charge is 1.97. The molecule has 0 bridgehead atoms. The number of guanidine groups is 4. The Labute approximate surface area is 189 Å². The summed E-state index contributed by atoms with van der Waals surface area (Å²) in [5.41, 5.74) is 33.5. The number of nitrogens with two attached hydrogens (primary N) is 6. The summed E-state index contributed by atoms with van der Waals surface area (Å²) in [6.07, 6.45) is 5.29. The van der Waals surface area contributed by atoms with Gasteiger partial charge < -0.3 is 34.4 Å². The number of rotatable bonds is 14. The van der Waals surface area contributed by atoms with Gasteiger partial charge in [-0.25, -0.2) is 0 Å². The molecule has 0 heterocycles.